The van der Waals surface area contributed by atoms with Gasteiger partial charge in [0, 0.05) is 0 Å². The Bertz CT molecular complexity index is 532. The standard InChI is InChI=1S/C16H21NO2/c1-15(2,3)19-14(18)17-13-9-10-16(17,4)12-8-6-5-7-11(12)13/h5-8,13H,9-10H2,1-4H3. The van der Waals surface area contributed by atoms with E-state index in [0.29, 0.717) is 0 Å². The molecule has 2 aliphatic rings. The zero-order valence-electron chi connectivity index (χ0n) is 12.1. The molecule has 1 amide bonds. The van der Waals surface area contributed by atoms with E-state index in [2.05, 4.69) is 31.2 Å². The molecule has 3 nitrogen and oxygen atoms in total. The summed E-state index contributed by atoms with van der Waals surface area (Å²) in [5.41, 5.74) is 1.95. The summed E-state index contributed by atoms with van der Waals surface area (Å²) < 4.78 is 5.59. The Hall–Kier alpha value is -1.51. The van der Waals surface area contributed by atoms with Crippen LogP contribution in [0, 0.1) is 0 Å². The fourth-order valence-electron chi connectivity index (χ4n) is 3.49. The van der Waals surface area contributed by atoms with Crippen LogP contribution in [0.25, 0.3) is 0 Å². The molecule has 0 aromatic heterocycles. The van der Waals surface area contributed by atoms with Gasteiger partial charge in [0.25, 0.3) is 0 Å². The Morgan fingerprint density at radius 1 is 1.37 bits per heavy atom. The van der Waals surface area contributed by atoms with Crippen molar-refractivity contribution in [3.8, 4) is 0 Å². The maximum absolute atomic E-state index is 12.5. The normalized spacial score (nSPS) is 28.4. The van der Waals surface area contributed by atoms with Crippen molar-refractivity contribution in [3.63, 3.8) is 0 Å². The van der Waals surface area contributed by atoms with Crippen molar-refractivity contribution in [2.75, 3.05) is 0 Å². The molecule has 1 saturated heterocycles. The average Bonchev–Trinajstić information content (AvgIpc) is 2.77. The Morgan fingerprint density at radius 2 is 2.05 bits per heavy atom. The van der Waals surface area contributed by atoms with Gasteiger partial charge in [-0.3, -0.25) is 4.90 Å². The van der Waals surface area contributed by atoms with E-state index in [-0.39, 0.29) is 17.7 Å². The molecule has 0 aliphatic carbocycles. The largest absolute Gasteiger partial charge is 0.444 e. The molecular weight excluding hydrogens is 238 g/mol. The minimum absolute atomic E-state index is 0.186. The lowest BCUT2D eigenvalue weighted by atomic mass is 9.83. The Balaban J connectivity index is 1.97. The monoisotopic (exact) mass is 259 g/mol. The second-order valence-electron chi connectivity index (χ2n) is 6.77. The van der Waals surface area contributed by atoms with Gasteiger partial charge < -0.3 is 4.74 Å². The Kier molecular flexibility index (Phi) is 2.47. The molecule has 2 atom stereocenters. The van der Waals surface area contributed by atoms with Gasteiger partial charge in [-0.15, -0.1) is 0 Å². The molecule has 3 rings (SSSR count). The number of ether oxygens (including phenoxy) is 1. The molecule has 102 valence electrons. The van der Waals surface area contributed by atoms with Gasteiger partial charge in [0.1, 0.15) is 5.60 Å². The summed E-state index contributed by atoms with van der Waals surface area (Å²) in [7, 11) is 0. The third-order valence-corrected chi connectivity index (χ3v) is 4.24. The third kappa shape index (κ3) is 1.75. The fraction of sp³-hybridized carbons (Fsp3) is 0.562. The highest BCUT2D eigenvalue weighted by molar-refractivity contribution is 5.73. The van der Waals surface area contributed by atoms with Gasteiger partial charge in [-0.2, -0.15) is 0 Å². The van der Waals surface area contributed by atoms with Crippen molar-refractivity contribution in [1.29, 1.82) is 0 Å². The van der Waals surface area contributed by atoms with Gasteiger partial charge in [0.05, 0.1) is 11.6 Å². The van der Waals surface area contributed by atoms with Crippen LogP contribution in [0.15, 0.2) is 24.3 Å². The summed E-state index contributed by atoms with van der Waals surface area (Å²) in [6.45, 7) is 7.90. The van der Waals surface area contributed by atoms with E-state index in [4.69, 9.17) is 4.74 Å². The number of hydrogen-bond acceptors (Lipinski definition) is 2. The van der Waals surface area contributed by atoms with Crippen LogP contribution in [-0.2, 0) is 10.3 Å². The molecule has 0 saturated carbocycles. The molecule has 2 bridgehead atoms. The minimum Gasteiger partial charge on any atom is -0.444 e. The Labute approximate surface area is 114 Å². The first-order chi connectivity index (χ1) is 8.83. The smallest absolute Gasteiger partial charge is 0.411 e. The second kappa shape index (κ2) is 3.75. The van der Waals surface area contributed by atoms with Crippen LogP contribution in [0.1, 0.15) is 57.7 Å². The summed E-state index contributed by atoms with van der Waals surface area (Å²) in [5, 5.41) is 0. The predicted molar refractivity (Wildman–Crippen MR) is 73.8 cm³/mol. The zero-order valence-corrected chi connectivity index (χ0v) is 12.1. The number of nitrogens with zero attached hydrogens (tertiary/aromatic N) is 1. The van der Waals surface area contributed by atoms with Gasteiger partial charge >= 0.3 is 6.09 Å². The lowest BCUT2D eigenvalue weighted by Gasteiger charge is -2.33. The van der Waals surface area contributed by atoms with E-state index in [0.717, 1.165) is 12.8 Å². The SMILES string of the molecule is CC(C)(C)OC(=O)N1C2CCC1(C)c1ccccc12. The van der Waals surface area contributed by atoms with Crippen LogP contribution in [-0.4, -0.2) is 16.6 Å². The lowest BCUT2D eigenvalue weighted by molar-refractivity contribution is 0.00544. The lowest BCUT2D eigenvalue weighted by Crippen LogP contribution is -2.42. The van der Waals surface area contributed by atoms with Gasteiger partial charge in [-0.25, -0.2) is 4.79 Å². The van der Waals surface area contributed by atoms with Crippen molar-refractivity contribution < 1.29 is 9.53 Å². The Morgan fingerprint density at radius 3 is 2.68 bits per heavy atom. The summed E-state index contributed by atoms with van der Waals surface area (Å²) in [4.78, 5) is 14.4. The quantitative estimate of drug-likeness (QED) is 0.705. The molecule has 2 heterocycles. The molecule has 0 spiro atoms. The first-order valence-corrected chi connectivity index (χ1v) is 6.95. The van der Waals surface area contributed by atoms with Crippen molar-refractivity contribution in [3.05, 3.63) is 35.4 Å². The van der Waals surface area contributed by atoms with Gasteiger partial charge in [0.15, 0.2) is 0 Å². The maximum atomic E-state index is 12.5. The average molecular weight is 259 g/mol. The first kappa shape index (κ1) is 12.5. The number of hydrogen-bond donors (Lipinski definition) is 0. The fourth-order valence-corrected chi connectivity index (χ4v) is 3.49. The molecule has 2 unspecified atom stereocenters. The van der Waals surface area contributed by atoms with E-state index in [9.17, 15) is 4.79 Å². The molecule has 3 heteroatoms. The van der Waals surface area contributed by atoms with Crippen LogP contribution >= 0.6 is 0 Å². The van der Waals surface area contributed by atoms with E-state index in [1.54, 1.807) is 0 Å². The first-order valence-electron chi connectivity index (χ1n) is 6.95. The highest BCUT2D eigenvalue weighted by Crippen LogP contribution is 2.57. The molecular formula is C16H21NO2. The van der Waals surface area contributed by atoms with E-state index >= 15 is 0 Å². The summed E-state index contributed by atoms with van der Waals surface area (Å²) >= 11 is 0. The van der Waals surface area contributed by atoms with Gasteiger partial charge in [-0.05, 0) is 51.7 Å². The second-order valence-corrected chi connectivity index (χ2v) is 6.77. The zero-order chi connectivity index (χ0) is 13.8. The maximum Gasteiger partial charge on any atom is 0.411 e. The predicted octanol–water partition coefficient (Wildman–Crippen LogP) is 3.99. The van der Waals surface area contributed by atoms with Crippen LogP contribution in [0.4, 0.5) is 4.79 Å². The number of fused-ring (bicyclic) bond motifs is 5. The van der Waals surface area contributed by atoms with Crippen molar-refractivity contribution in [2.45, 2.75) is 57.7 Å². The number of benzene rings is 1. The minimum atomic E-state index is -0.443. The van der Waals surface area contributed by atoms with Crippen molar-refractivity contribution in [2.24, 2.45) is 0 Å². The number of rotatable bonds is 0. The topological polar surface area (TPSA) is 29.5 Å². The number of carbonyl (C=O) groups excluding carboxylic acids is 1. The van der Waals surface area contributed by atoms with Crippen molar-refractivity contribution >= 4 is 6.09 Å². The molecule has 2 aliphatic heterocycles. The highest BCUT2D eigenvalue weighted by atomic mass is 16.6. The molecule has 0 N–H and O–H groups in total. The number of amides is 1. The van der Waals surface area contributed by atoms with E-state index in [1.807, 2.05) is 25.7 Å². The van der Waals surface area contributed by atoms with Crippen LogP contribution in [0.5, 0.6) is 0 Å². The highest BCUT2D eigenvalue weighted by Gasteiger charge is 2.55. The molecule has 0 radical (unpaired) electrons. The third-order valence-electron chi connectivity index (χ3n) is 4.24. The van der Waals surface area contributed by atoms with Crippen LogP contribution < -0.4 is 0 Å². The molecule has 1 fully saturated rings. The summed E-state index contributed by atoms with van der Waals surface area (Å²) in [6, 6.07) is 8.58. The summed E-state index contributed by atoms with van der Waals surface area (Å²) in [5.74, 6) is 0. The molecule has 19 heavy (non-hydrogen) atoms. The van der Waals surface area contributed by atoms with Gasteiger partial charge in [0.2, 0.25) is 0 Å². The molecule has 1 aromatic rings. The van der Waals surface area contributed by atoms with E-state index < -0.39 is 5.60 Å². The van der Waals surface area contributed by atoms with E-state index in [1.165, 1.54) is 11.1 Å². The molecule has 1 aromatic carbocycles. The summed E-state index contributed by atoms with van der Waals surface area (Å²) in [6.07, 6.45) is 1.87. The van der Waals surface area contributed by atoms with Crippen LogP contribution in [0.3, 0.4) is 0 Å². The van der Waals surface area contributed by atoms with Crippen LogP contribution in [0.2, 0.25) is 0 Å². The van der Waals surface area contributed by atoms with Gasteiger partial charge in [-0.1, -0.05) is 24.3 Å². The number of carbonyl (C=O) groups is 1. The van der Waals surface area contributed by atoms with Crippen molar-refractivity contribution in [1.82, 2.24) is 4.90 Å².